The van der Waals surface area contributed by atoms with Gasteiger partial charge < -0.3 is 10.1 Å². The quantitative estimate of drug-likeness (QED) is 0.653. The van der Waals surface area contributed by atoms with E-state index >= 15 is 0 Å². The molecule has 0 saturated carbocycles. The highest BCUT2D eigenvalue weighted by Gasteiger charge is 2.31. The van der Waals surface area contributed by atoms with Crippen LogP contribution in [0.3, 0.4) is 0 Å². The second-order valence-corrected chi connectivity index (χ2v) is 3.49. The van der Waals surface area contributed by atoms with Crippen molar-refractivity contribution in [3.05, 3.63) is 12.7 Å². The molecule has 0 unspecified atom stereocenters. The number of amides is 1. The Morgan fingerprint density at radius 3 is 2.92 bits per heavy atom. The van der Waals surface area contributed by atoms with Crippen LogP contribution in [0.25, 0.3) is 0 Å². The molecule has 68 valence electrons. The maximum Gasteiger partial charge on any atom is 0.408 e. The first-order valence-electron chi connectivity index (χ1n) is 4.23. The van der Waals surface area contributed by atoms with Crippen LogP contribution in [0, 0.1) is 5.92 Å². The average molecular weight is 169 g/mol. The molecular weight excluding hydrogens is 154 g/mol. The first kappa shape index (κ1) is 9.10. The molecule has 0 aromatic carbocycles. The monoisotopic (exact) mass is 169 g/mol. The largest absolute Gasteiger partial charge is 0.440 e. The summed E-state index contributed by atoms with van der Waals surface area (Å²) >= 11 is 0. The number of rotatable bonds is 3. The zero-order chi connectivity index (χ0) is 9.14. The summed E-state index contributed by atoms with van der Waals surface area (Å²) in [5, 5.41) is 2.75. The van der Waals surface area contributed by atoms with E-state index in [1.165, 1.54) is 0 Å². The normalized spacial score (nSPS) is 28.4. The van der Waals surface area contributed by atoms with E-state index in [9.17, 15) is 4.79 Å². The van der Waals surface area contributed by atoms with E-state index in [1.807, 2.05) is 0 Å². The third kappa shape index (κ3) is 2.00. The van der Waals surface area contributed by atoms with Gasteiger partial charge in [-0.1, -0.05) is 20.4 Å². The van der Waals surface area contributed by atoms with Gasteiger partial charge in [0, 0.05) is 0 Å². The Hall–Kier alpha value is -0.990. The number of nitrogens with one attached hydrogen (secondary N) is 1. The lowest BCUT2D eigenvalue weighted by molar-refractivity contribution is 0.151. The van der Waals surface area contributed by atoms with Crippen LogP contribution in [0.5, 0.6) is 0 Å². The van der Waals surface area contributed by atoms with Crippen LogP contribution < -0.4 is 5.32 Å². The third-order valence-electron chi connectivity index (χ3n) is 1.90. The molecule has 0 aromatic rings. The van der Waals surface area contributed by atoms with Gasteiger partial charge in [0.1, 0.15) is 6.10 Å². The Kier molecular flexibility index (Phi) is 2.74. The van der Waals surface area contributed by atoms with E-state index in [-0.39, 0.29) is 18.2 Å². The summed E-state index contributed by atoms with van der Waals surface area (Å²) in [6, 6.07) is 0.106. The number of cyclic esters (lactones) is 1. The third-order valence-corrected chi connectivity index (χ3v) is 1.90. The van der Waals surface area contributed by atoms with E-state index in [0.29, 0.717) is 5.92 Å². The Labute approximate surface area is 72.8 Å². The van der Waals surface area contributed by atoms with Crippen molar-refractivity contribution in [1.29, 1.82) is 0 Å². The number of alkyl carbamates (subject to hydrolysis) is 1. The minimum absolute atomic E-state index is 0.106. The molecule has 3 nitrogen and oxygen atoms in total. The van der Waals surface area contributed by atoms with Gasteiger partial charge in [0.15, 0.2) is 0 Å². The molecule has 1 amide bonds. The van der Waals surface area contributed by atoms with Crippen molar-refractivity contribution in [2.75, 3.05) is 0 Å². The van der Waals surface area contributed by atoms with Crippen molar-refractivity contribution in [3.8, 4) is 0 Å². The highest BCUT2D eigenvalue weighted by Crippen LogP contribution is 2.16. The molecule has 3 heteroatoms. The van der Waals surface area contributed by atoms with Crippen LogP contribution in [0.2, 0.25) is 0 Å². The van der Waals surface area contributed by atoms with Gasteiger partial charge in [-0.3, -0.25) is 0 Å². The first-order chi connectivity index (χ1) is 5.63. The van der Waals surface area contributed by atoms with Crippen molar-refractivity contribution in [3.63, 3.8) is 0 Å². The summed E-state index contributed by atoms with van der Waals surface area (Å²) in [7, 11) is 0. The second-order valence-electron chi connectivity index (χ2n) is 3.49. The fourth-order valence-corrected chi connectivity index (χ4v) is 1.39. The Bertz CT molecular complexity index is 189. The van der Waals surface area contributed by atoms with Crippen molar-refractivity contribution in [1.82, 2.24) is 5.32 Å². The molecule has 1 saturated heterocycles. The summed E-state index contributed by atoms with van der Waals surface area (Å²) in [5.41, 5.74) is 0. The van der Waals surface area contributed by atoms with Gasteiger partial charge in [0.05, 0.1) is 6.04 Å². The molecule has 0 aliphatic carbocycles. The Balaban J connectivity index is 2.51. The lowest BCUT2D eigenvalue weighted by Crippen LogP contribution is -2.31. The maximum absolute atomic E-state index is 10.8. The molecule has 1 rings (SSSR count). The van der Waals surface area contributed by atoms with E-state index in [4.69, 9.17) is 4.74 Å². The lowest BCUT2D eigenvalue weighted by Gasteiger charge is -2.14. The second kappa shape index (κ2) is 3.61. The number of hydrogen-bond acceptors (Lipinski definition) is 2. The van der Waals surface area contributed by atoms with Crippen LogP contribution in [-0.4, -0.2) is 18.2 Å². The summed E-state index contributed by atoms with van der Waals surface area (Å²) < 4.78 is 4.96. The van der Waals surface area contributed by atoms with Gasteiger partial charge in [0.25, 0.3) is 0 Å². The van der Waals surface area contributed by atoms with Crippen LogP contribution >= 0.6 is 0 Å². The number of ether oxygens (including phenoxy) is 1. The summed E-state index contributed by atoms with van der Waals surface area (Å²) in [5.74, 6) is 0.555. The highest BCUT2D eigenvalue weighted by atomic mass is 16.6. The lowest BCUT2D eigenvalue weighted by atomic mass is 10.0. The van der Waals surface area contributed by atoms with Crippen LogP contribution in [0.15, 0.2) is 12.7 Å². The topological polar surface area (TPSA) is 38.3 Å². The van der Waals surface area contributed by atoms with Gasteiger partial charge in [0.2, 0.25) is 0 Å². The molecular formula is C9H15NO2. The standard InChI is InChI=1S/C9H15NO2/c1-4-8-7(5-6(2)3)10-9(11)12-8/h4,6-8H,1,5H2,2-3H3,(H,10,11)/t7-,8+/m0/s1. The van der Waals surface area contributed by atoms with E-state index in [1.54, 1.807) is 6.08 Å². The number of carbonyl (C=O) groups is 1. The van der Waals surface area contributed by atoms with Crippen molar-refractivity contribution in [2.24, 2.45) is 5.92 Å². The summed E-state index contributed by atoms with van der Waals surface area (Å²) in [6.45, 7) is 7.85. The summed E-state index contributed by atoms with van der Waals surface area (Å²) in [4.78, 5) is 10.8. The van der Waals surface area contributed by atoms with Crippen molar-refractivity contribution in [2.45, 2.75) is 32.4 Å². The fraction of sp³-hybridized carbons (Fsp3) is 0.667. The van der Waals surface area contributed by atoms with E-state index < -0.39 is 0 Å². The molecule has 1 aliphatic heterocycles. The number of carbonyl (C=O) groups excluding carboxylic acids is 1. The molecule has 0 aromatic heterocycles. The van der Waals surface area contributed by atoms with Gasteiger partial charge in [-0.25, -0.2) is 4.79 Å². The van der Waals surface area contributed by atoms with Gasteiger partial charge in [-0.15, -0.1) is 0 Å². The highest BCUT2D eigenvalue weighted by molar-refractivity contribution is 5.70. The minimum atomic E-state index is -0.328. The molecule has 0 bridgehead atoms. The predicted molar refractivity (Wildman–Crippen MR) is 46.8 cm³/mol. The number of hydrogen-bond donors (Lipinski definition) is 1. The SMILES string of the molecule is C=C[C@H]1OC(=O)N[C@H]1CC(C)C. The Morgan fingerprint density at radius 2 is 2.42 bits per heavy atom. The molecule has 0 spiro atoms. The first-order valence-corrected chi connectivity index (χ1v) is 4.23. The van der Waals surface area contributed by atoms with Gasteiger partial charge >= 0.3 is 6.09 Å². The molecule has 1 heterocycles. The van der Waals surface area contributed by atoms with Crippen molar-refractivity contribution < 1.29 is 9.53 Å². The summed E-state index contributed by atoms with van der Waals surface area (Å²) in [6.07, 6.45) is 2.12. The zero-order valence-electron chi connectivity index (χ0n) is 7.54. The van der Waals surface area contributed by atoms with E-state index in [2.05, 4.69) is 25.7 Å². The molecule has 1 fully saturated rings. The van der Waals surface area contributed by atoms with Gasteiger partial charge in [-0.05, 0) is 18.4 Å². The smallest absolute Gasteiger partial charge is 0.408 e. The molecule has 2 atom stereocenters. The van der Waals surface area contributed by atoms with Crippen molar-refractivity contribution >= 4 is 6.09 Å². The Morgan fingerprint density at radius 1 is 1.75 bits per heavy atom. The minimum Gasteiger partial charge on any atom is -0.440 e. The maximum atomic E-state index is 10.8. The van der Waals surface area contributed by atoms with E-state index in [0.717, 1.165) is 6.42 Å². The zero-order valence-corrected chi connectivity index (χ0v) is 7.54. The van der Waals surface area contributed by atoms with Gasteiger partial charge in [-0.2, -0.15) is 0 Å². The molecule has 1 aliphatic rings. The van der Waals surface area contributed by atoms with Crippen LogP contribution in [0.1, 0.15) is 20.3 Å². The molecule has 0 radical (unpaired) electrons. The predicted octanol–water partition coefficient (Wildman–Crippen LogP) is 1.70. The molecule has 1 N–H and O–H groups in total. The average Bonchev–Trinajstić information content (AvgIpc) is 2.29. The molecule has 12 heavy (non-hydrogen) atoms. The fourth-order valence-electron chi connectivity index (χ4n) is 1.39. The van der Waals surface area contributed by atoms with Crippen LogP contribution in [0.4, 0.5) is 4.79 Å². The van der Waals surface area contributed by atoms with Crippen LogP contribution in [-0.2, 0) is 4.74 Å².